The molecular formula is C25H24FN7OS. The standard InChI is InChI=1S/C25H24FN7OS/c1-15-21(13-30-33(15)20-7-5-19(6-8-20)31-16(2)34)17-10-23(35-25-22(26)4-3-9-28-25)24-18(11-27)12-29-32(24)14-17/h3-4,9-10,12-14,19-20H,5-8H2,1-2H3,(H,31,34)/t19-,20+. The molecule has 1 N–H and O–H groups in total. The molecule has 4 aromatic rings. The van der Waals surface area contributed by atoms with Crippen molar-refractivity contribution in [2.24, 2.45) is 0 Å². The quantitative estimate of drug-likeness (QED) is 0.437. The summed E-state index contributed by atoms with van der Waals surface area (Å²) in [4.78, 5) is 16.2. The molecule has 0 aliphatic heterocycles. The number of halogens is 1. The molecule has 4 heterocycles. The first kappa shape index (κ1) is 23.1. The molecule has 0 bridgehead atoms. The van der Waals surface area contributed by atoms with Gasteiger partial charge in [-0.15, -0.1) is 0 Å². The van der Waals surface area contributed by atoms with E-state index in [0.29, 0.717) is 16.0 Å². The number of carbonyl (C=O) groups is 1. The maximum Gasteiger partial charge on any atom is 0.217 e. The molecule has 4 aromatic heterocycles. The van der Waals surface area contributed by atoms with E-state index in [9.17, 15) is 14.4 Å². The van der Waals surface area contributed by atoms with Gasteiger partial charge >= 0.3 is 0 Å². The third kappa shape index (κ3) is 4.51. The number of pyridine rings is 2. The summed E-state index contributed by atoms with van der Waals surface area (Å²) in [6.07, 6.45) is 10.5. The average molecular weight is 490 g/mol. The van der Waals surface area contributed by atoms with Crippen molar-refractivity contribution in [3.8, 4) is 17.2 Å². The van der Waals surface area contributed by atoms with Crippen molar-refractivity contribution in [1.82, 2.24) is 29.7 Å². The van der Waals surface area contributed by atoms with Crippen LogP contribution < -0.4 is 5.32 Å². The van der Waals surface area contributed by atoms with Crippen molar-refractivity contribution in [2.45, 2.75) is 61.5 Å². The molecule has 1 saturated carbocycles. The highest BCUT2D eigenvalue weighted by Crippen LogP contribution is 2.37. The number of hydrogen-bond donors (Lipinski definition) is 1. The van der Waals surface area contributed by atoms with E-state index in [1.807, 2.05) is 25.4 Å². The monoisotopic (exact) mass is 489 g/mol. The van der Waals surface area contributed by atoms with Crippen LogP contribution in [0.2, 0.25) is 0 Å². The van der Waals surface area contributed by atoms with Gasteiger partial charge in [-0.1, -0.05) is 11.8 Å². The number of rotatable bonds is 5. The van der Waals surface area contributed by atoms with Crippen LogP contribution in [0, 0.1) is 24.1 Å². The number of amides is 1. The zero-order chi connectivity index (χ0) is 24.5. The van der Waals surface area contributed by atoms with Gasteiger partial charge in [0, 0.05) is 47.1 Å². The summed E-state index contributed by atoms with van der Waals surface area (Å²) in [6, 6.07) is 7.52. The first-order valence-corrected chi connectivity index (χ1v) is 12.3. The maximum atomic E-state index is 14.4. The van der Waals surface area contributed by atoms with Crippen molar-refractivity contribution >= 4 is 23.2 Å². The zero-order valence-corrected chi connectivity index (χ0v) is 20.2. The number of hydrogen-bond acceptors (Lipinski definition) is 6. The minimum absolute atomic E-state index is 0.0128. The van der Waals surface area contributed by atoms with Crippen LogP contribution in [-0.2, 0) is 4.79 Å². The highest BCUT2D eigenvalue weighted by molar-refractivity contribution is 7.99. The molecule has 1 aliphatic rings. The lowest BCUT2D eigenvalue weighted by molar-refractivity contribution is -0.119. The lowest BCUT2D eigenvalue weighted by Crippen LogP contribution is -2.36. The van der Waals surface area contributed by atoms with Crippen LogP contribution in [0.1, 0.15) is 49.9 Å². The summed E-state index contributed by atoms with van der Waals surface area (Å²) >= 11 is 1.17. The molecule has 10 heteroatoms. The Morgan fingerprint density at radius 1 is 1.26 bits per heavy atom. The zero-order valence-electron chi connectivity index (χ0n) is 19.4. The fourth-order valence-corrected chi connectivity index (χ4v) is 5.74. The van der Waals surface area contributed by atoms with Gasteiger partial charge in [-0.05, 0) is 50.8 Å². The van der Waals surface area contributed by atoms with Gasteiger partial charge in [-0.3, -0.25) is 9.48 Å². The van der Waals surface area contributed by atoms with Gasteiger partial charge in [0.1, 0.15) is 11.1 Å². The SMILES string of the molecule is CC(=O)N[C@H]1CC[C@@H](n2ncc(-c3cc(Sc4ncccc4F)c4c(C#N)cnn4c3)c2C)CC1. The summed E-state index contributed by atoms with van der Waals surface area (Å²) in [5.41, 5.74) is 3.89. The Morgan fingerprint density at radius 3 is 2.77 bits per heavy atom. The third-order valence-electron chi connectivity index (χ3n) is 6.43. The summed E-state index contributed by atoms with van der Waals surface area (Å²) in [6.45, 7) is 3.60. The predicted octanol–water partition coefficient (Wildman–Crippen LogP) is 4.68. The minimum atomic E-state index is -0.419. The summed E-state index contributed by atoms with van der Waals surface area (Å²) < 4.78 is 18.1. The second kappa shape index (κ2) is 9.50. The van der Waals surface area contributed by atoms with Crippen LogP contribution in [0.4, 0.5) is 4.39 Å². The first-order chi connectivity index (χ1) is 16.9. The van der Waals surface area contributed by atoms with Gasteiger partial charge in [-0.2, -0.15) is 15.5 Å². The van der Waals surface area contributed by atoms with E-state index in [2.05, 4.69) is 26.2 Å². The van der Waals surface area contributed by atoms with Crippen molar-refractivity contribution < 1.29 is 9.18 Å². The molecule has 0 unspecified atom stereocenters. The summed E-state index contributed by atoms with van der Waals surface area (Å²) in [5, 5.41) is 21.9. The summed E-state index contributed by atoms with van der Waals surface area (Å²) in [7, 11) is 0. The first-order valence-electron chi connectivity index (χ1n) is 11.5. The average Bonchev–Trinajstić information content (AvgIpc) is 3.44. The second-order valence-electron chi connectivity index (χ2n) is 8.74. The molecule has 35 heavy (non-hydrogen) atoms. The highest BCUT2D eigenvalue weighted by atomic mass is 32.2. The Kier molecular flexibility index (Phi) is 6.26. The Bertz CT molecular complexity index is 1450. The van der Waals surface area contributed by atoms with E-state index in [0.717, 1.165) is 42.5 Å². The lowest BCUT2D eigenvalue weighted by Gasteiger charge is -2.29. The molecule has 5 rings (SSSR count). The van der Waals surface area contributed by atoms with Gasteiger partial charge in [0.25, 0.3) is 0 Å². The molecule has 1 amide bonds. The molecule has 0 saturated heterocycles. The van der Waals surface area contributed by atoms with Crippen LogP contribution in [-0.4, -0.2) is 36.3 Å². The number of nitrogens with zero attached hydrogens (tertiary/aromatic N) is 6. The smallest absolute Gasteiger partial charge is 0.217 e. The van der Waals surface area contributed by atoms with Crippen molar-refractivity contribution in [2.75, 3.05) is 0 Å². The molecular weight excluding hydrogens is 465 g/mol. The van der Waals surface area contributed by atoms with Gasteiger partial charge in [0.2, 0.25) is 5.91 Å². The Balaban J connectivity index is 1.49. The predicted molar refractivity (Wildman–Crippen MR) is 129 cm³/mol. The molecule has 0 aromatic carbocycles. The van der Waals surface area contributed by atoms with E-state index in [1.165, 1.54) is 24.0 Å². The van der Waals surface area contributed by atoms with Gasteiger partial charge in [-0.25, -0.2) is 13.9 Å². The van der Waals surface area contributed by atoms with Crippen LogP contribution >= 0.6 is 11.8 Å². The van der Waals surface area contributed by atoms with E-state index in [4.69, 9.17) is 5.10 Å². The lowest BCUT2D eigenvalue weighted by atomic mass is 9.91. The van der Waals surface area contributed by atoms with Crippen molar-refractivity contribution in [3.05, 3.63) is 60.1 Å². The molecule has 178 valence electrons. The van der Waals surface area contributed by atoms with E-state index < -0.39 is 5.82 Å². The van der Waals surface area contributed by atoms with Gasteiger partial charge in [0.15, 0.2) is 5.82 Å². The number of nitriles is 1. The highest BCUT2D eigenvalue weighted by Gasteiger charge is 2.25. The van der Waals surface area contributed by atoms with Crippen molar-refractivity contribution in [3.63, 3.8) is 0 Å². The number of fused-ring (bicyclic) bond motifs is 1. The maximum absolute atomic E-state index is 14.4. The number of carbonyl (C=O) groups excluding carboxylic acids is 1. The van der Waals surface area contributed by atoms with Crippen molar-refractivity contribution in [1.29, 1.82) is 5.26 Å². The molecule has 1 fully saturated rings. The number of aromatic nitrogens is 5. The van der Waals surface area contributed by atoms with E-state index >= 15 is 0 Å². The Labute approximate surface area is 206 Å². The summed E-state index contributed by atoms with van der Waals surface area (Å²) in [5.74, 6) is -0.406. The minimum Gasteiger partial charge on any atom is -0.354 e. The van der Waals surface area contributed by atoms with Crippen LogP contribution in [0.5, 0.6) is 0 Å². The van der Waals surface area contributed by atoms with Gasteiger partial charge < -0.3 is 5.32 Å². The Morgan fingerprint density at radius 2 is 2.06 bits per heavy atom. The normalized spacial score (nSPS) is 17.9. The fraction of sp³-hybridized carbons (Fsp3) is 0.320. The van der Waals surface area contributed by atoms with Crippen LogP contribution in [0.15, 0.2) is 52.9 Å². The van der Waals surface area contributed by atoms with Crippen LogP contribution in [0.3, 0.4) is 0 Å². The Hall–Kier alpha value is -3.71. The third-order valence-corrected chi connectivity index (χ3v) is 7.46. The van der Waals surface area contributed by atoms with Crippen LogP contribution in [0.25, 0.3) is 16.6 Å². The molecule has 1 aliphatic carbocycles. The largest absolute Gasteiger partial charge is 0.354 e. The topological polar surface area (TPSA) is 101 Å². The number of nitrogens with one attached hydrogen (secondary N) is 1. The van der Waals surface area contributed by atoms with Gasteiger partial charge in [0.05, 0.1) is 29.5 Å². The fourth-order valence-electron chi connectivity index (χ4n) is 4.77. The molecule has 0 atom stereocenters. The van der Waals surface area contributed by atoms with E-state index in [-0.39, 0.29) is 23.0 Å². The molecule has 0 radical (unpaired) electrons. The van der Waals surface area contributed by atoms with E-state index in [1.54, 1.807) is 23.7 Å². The molecule has 8 nitrogen and oxygen atoms in total. The molecule has 0 spiro atoms. The second-order valence-corrected chi connectivity index (χ2v) is 9.77.